The molecule has 1 saturated carbocycles. The Morgan fingerprint density at radius 3 is 1.87 bits per heavy atom. The number of rotatable bonds is 15. The van der Waals surface area contributed by atoms with Crippen LogP contribution in [-0.2, 0) is 30.2 Å². The lowest BCUT2D eigenvalue weighted by molar-refractivity contribution is -0.146. The standard InChI is InChI=1S/C38H46F2O7/c1-25(20-41)37(43)46-23-34(24-47-38(44)26(2)21-42)31-14-16-32(17-15-31)35-19-18-33(22-45-35)30-12-10-29(11-13-30)28-8-6-27(7-9-28)4-3-5-36(39)40/h5-13,31-35,41-42H,1-4,14-24H2. The van der Waals surface area contributed by atoms with Crippen LogP contribution in [-0.4, -0.2) is 61.3 Å². The zero-order valence-corrected chi connectivity index (χ0v) is 26.9. The van der Waals surface area contributed by atoms with Gasteiger partial charge in [0.05, 0.1) is 50.3 Å². The Labute approximate surface area is 275 Å². The fraction of sp³-hybridized carbons (Fsp3) is 0.474. The molecule has 0 spiro atoms. The number of carbonyl (C=O) groups excluding carboxylic acids is 2. The predicted octanol–water partition coefficient (Wildman–Crippen LogP) is 6.94. The van der Waals surface area contributed by atoms with Gasteiger partial charge in [0, 0.05) is 11.8 Å². The van der Waals surface area contributed by atoms with Crippen molar-refractivity contribution >= 4 is 11.9 Å². The molecule has 1 aliphatic heterocycles. The van der Waals surface area contributed by atoms with Crippen LogP contribution >= 0.6 is 0 Å². The maximum Gasteiger partial charge on any atom is 0.335 e. The van der Waals surface area contributed by atoms with Crippen molar-refractivity contribution in [2.75, 3.05) is 33.0 Å². The Balaban J connectivity index is 1.25. The van der Waals surface area contributed by atoms with Crippen molar-refractivity contribution < 1.29 is 42.8 Å². The van der Waals surface area contributed by atoms with Gasteiger partial charge in [0.1, 0.15) is 0 Å². The third kappa shape index (κ3) is 10.7. The van der Waals surface area contributed by atoms with Crippen LogP contribution in [0.3, 0.4) is 0 Å². The number of aliphatic hydroxyl groups excluding tert-OH is 2. The summed E-state index contributed by atoms with van der Waals surface area (Å²) in [7, 11) is 0. The molecule has 2 atom stereocenters. The van der Waals surface area contributed by atoms with Gasteiger partial charge in [0.25, 0.3) is 6.08 Å². The Morgan fingerprint density at radius 2 is 1.38 bits per heavy atom. The second-order valence-electron chi connectivity index (χ2n) is 12.7. The molecule has 9 heteroatoms. The minimum Gasteiger partial charge on any atom is -0.462 e. The van der Waals surface area contributed by atoms with Crippen LogP contribution in [0.5, 0.6) is 0 Å². The smallest absolute Gasteiger partial charge is 0.335 e. The normalized spacial score (nSPS) is 21.1. The molecule has 2 aliphatic rings. The van der Waals surface area contributed by atoms with Crippen molar-refractivity contribution in [1.29, 1.82) is 0 Å². The third-order valence-electron chi connectivity index (χ3n) is 9.54. The van der Waals surface area contributed by atoms with Crippen molar-refractivity contribution in [1.82, 2.24) is 0 Å². The molecule has 1 aliphatic carbocycles. The van der Waals surface area contributed by atoms with Gasteiger partial charge in [-0.2, -0.15) is 8.78 Å². The van der Waals surface area contributed by atoms with E-state index in [1.165, 1.54) is 5.56 Å². The molecule has 0 aromatic heterocycles. The Hall–Kier alpha value is -3.66. The highest BCUT2D eigenvalue weighted by atomic mass is 19.3. The minimum absolute atomic E-state index is 0.0336. The van der Waals surface area contributed by atoms with E-state index in [1.54, 1.807) is 0 Å². The van der Waals surface area contributed by atoms with E-state index >= 15 is 0 Å². The fourth-order valence-corrected chi connectivity index (χ4v) is 6.57. The van der Waals surface area contributed by atoms with E-state index in [2.05, 4.69) is 37.4 Å². The highest BCUT2D eigenvalue weighted by Gasteiger charge is 2.35. The van der Waals surface area contributed by atoms with Crippen LogP contribution in [0.4, 0.5) is 8.78 Å². The molecule has 254 valence electrons. The third-order valence-corrected chi connectivity index (χ3v) is 9.54. The second kappa shape index (κ2) is 18.0. The lowest BCUT2D eigenvalue weighted by Gasteiger charge is -2.39. The molecule has 0 bridgehead atoms. The van der Waals surface area contributed by atoms with Gasteiger partial charge in [-0.1, -0.05) is 61.7 Å². The first-order chi connectivity index (χ1) is 22.7. The molecule has 2 unspecified atom stereocenters. The molecular formula is C38H46F2O7. The summed E-state index contributed by atoms with van der Waals surface area (Å²) in [5.41, 5.74) is 4.42. The summed E-state index contributed by atoms with van der Waals surface area (Å²) in [4.78, 5) is 24.2. The van der Waals surface area contributed by atoms with Gasteiger partial charge in [0.15, 0.2) is 0 Å². The number of halogens is 2. The summed E-state index contributed by atoms with van der Waals surface area (Å²) in [6, 6.07) is 16.7. The SMILES string of the molecule is C=C(CO)C(=O)OCC(COC(=O)C(=C)CO)C1CCC(C2CCC(c3ccc(-c4ccc(CCC=C(F)F)cc4)cc3)CO2)CC1. The van der Waals surface area contributed by atoms with E-state index in [-0.39, 0.29) is 42.3 Å². The Morgan fingerprint density at radius 1 is 0.830 bits per heavy atom. The molecule has 2 N–H and O–H groups in total. The summed E-state index contributed by atoms with van der Waals surface area (Å²) in [5.74, 6) is -0.642. The number of carbonyl (C=O) groups is 2. The van der Waals surface area contributed by atoms with E-state index in [0.29, 0.717) is 31.3 Å². The molecule has 4 rings (SSSR count). The molecule has 0 amide bonds. The number of benzene rings is 2. The van der Waals surface area contributed by atoms with Crippen LogP contribution < -0.4 is 0 Å². The van der Waals surface area contributed by atoms with Crippen molar-refractivity contribution in [3.8, 4) is 11.1 Å². The van der Waals surface area contributed by atoms with Gasteiger partial charge < -0.3 is 24.4 Å². The van der Waals surface area contributed by atoms with Crippen molar-refractivity contribution in [3.05, 3.63) is 96.1 Å². The fourth-order valence-electron chi connectivity index (χ4n) is 6.57. The highest BCUT2D eigenvalue weighted by molar-refractivity contribution is 5.88. The van der Waals surface area contributed by atoms with Crippen molar-refractivity contribution in [3.63, 3.8) is 0 Å². The lowest BCUT2D eigenvalue weighted by atomic mass is 9.73. The van der Waals surface area contributed by atoms with Crippen LogP contribution in [0.1, 0.15) is 62.0 Å². The number of hydrogen-bond donors (Lipinski definition) is 2. The van der Waals surface area contributed by atoms with Gasteiger partial charge in [-0.15, -0.1) is 0 Å². The zero-order valence-electron chi connectivity index (χ0n) is 26.9. The maximum absolute atomic E-state index is 12.3. The van der Waals surface area contributed by atoms with Crippen LogP contribution in [0.15, 0.2) is 85.0 Å². The number of aryl methyl sites for hydroxylation is 1. The summed E-state index contributed by atoms with van der Waals surface area (Å²) in [5, 5.41) is 18.4. The molecule has 7 nitrogen and oxygen atoms in total. The minimum atomic E-state index is -1.64. The van der Waals surface area contributed by atoms with Gasteiger partial charge in [-0.05, 0) is 91.5 Å². The molecule has 1 saturated heterocycles. The van der Waals surface area contributed by atoms with E-state index in [9.17, 15) is 28.6 Å². The van der Waals surface area contributed by atoms with Gasteiger partial charge in [-0.25, -0.2) is 9.59 Å². The Kier molecular flexibility index (Phi) is 13.9. The summed E-state index contributed by atoms with van der Waals surface area (Å²) in [6.45, 7) is 6.79. The zero-order chi connectivity index (χ0) is 33.8. The number of allylic oxidation sites excluding steroid dienone is 1. The van der Waals surface area contributed by atoms with Gasteiger partial charge >= 0.3 is 11.9 Å². The predicted molar refractivity (Wildman–Crippen MR) is 176 cm³/mol. The average Bonchev–Trinajstić information content (AvgIpc) is 3.11. The average molecular weight is 653 g/mol. The first kappa shape index (κ1) is 36.2. The molecule has 1 heterocycles. The quantitative estimate of drug-likeness (QED) is 0.159. The molecule has 47 heavy (non-hydrogen) atoms. The topological polar surface area (TPSA) is 102 Å². The second-order valence-corrected chi connectivity index (χ2v) is 12.7. The first-order valence-corrected chi connectivity index (χ1v) is 16.4. The molecule has 2 fully saturated rings. The number of esters is 2. The van der Waals surface area contributed by atoms with Crippen LogP contribution in [0.2, 0.25) is 0 Å². The van der Waals surface area contributed by atoms with Crippen LogP contribution in [0, 0.1) is 17.8 Å². The van der Waals surface area contributed by atoms with E-state index in [4.69, 9.17) is 14.2 Å². The van der Waals surface area contributed by atoms with E-state index in [0.717, 1.165) is 61.3 Å². The van der Waals surface area contributed by atoms with Crippen molar-refractivity contribution in [2.24, 2.45) is 17.8 Å². The summed E-state index contributed by atoms with van der Waals surface area (Å²) in [6.07, 6.45) is 6.13. The summed E-state index contributed by atoms with van der Waals surface area (Å²) < 4.78 is 41.7. The van der Waals surface area contributed by atoms with E-state index in [1.807, 2.05) is 24.3 Å². The molecule has 2 aromatic carbocycles. The maximum atomic E-state index is 12.3. The number of ether oxygens (including phenoxy) is 3. The molecular weight excluding hydrogens is 606 g/mol. The van der Waals surface area contributed by atoms with Gasteiger partial charge in [0.2, 0.25) is 0 Å². The Bertz CT molecular complexity index is 1330. The largest absolute Gasteiger partial charge is 0.462 e. The molecule has 2 aromatic rings. The highest BCUT2D eigenvalue weighted by Crippen LogP contribution is 2.40. The lowest BCUT2D eigenvalue weighted by Crippen LogP contribution is -2.36. The van der Waals surface area contributed by atoms with Crippen LogP contribution in [0.25, 0.3) is 11.1 Å². The molecule has 0 radical (unpaired) electrons. The van der Waals surface area contributed by atoms with Crippen molar-refractivity contribution in [2.45, 2.75) is 63.4 Å². The number of hydrogen-bond acceptors (Lipinski definition) is 7. The van der Waals surface area contributed by atoms with E-state index < -0.39 is 31.2 Å². The van der Waals surface area contributed by atoms with Gasteiger partial charge in [-0.3, -0.25) is 0 Å². The monoisotopic (exact) mass is 652 g/mol. The first-order valence-electron chi connectivity index (χ1n) is 16.4. The summed E-state index contributed by atoms with van der Waals surface area (Å²) >= 11 is 0. The number of aliphatic hydroxyl groups is 2.